The minimum Gasteiger partial charge on any atom is -0.480 e. The van der Waals surface area contributed by atoms with Crippen molar-refractivity contribution in [3.05, 3.63) is 0 Å². The third kappa shape index (κ3) is 2.70. The van der Waals surface area contributed by atoms with E-state index in [4.69, 9.17) is 5.11 Å². The van der Waals surface area contributed by atoms with Gasteiger partial charge in [0.15, 0.2) is 0 Å². The molecule has 1 aliphatic heterocycles. The molecule has 0 aromatic rings. The minimum atomic E-state index is -0.945. The van der Waals surface area contributed by atoms with Crippen LogP contribution in [-0.2, 0) is 9.59 Å². The first-order valence-corrected chi connectivity index (χ1v) is 4.86. The van der Waals surface area contributed by atoms with Crippen LogP contribution in [0.5, 0.6) is 0 Å². The Kier molecular flexibility index (Phi) is 3.88. The molecule has 1 aliphatic rings. The van der Waals surface area contributed by atoms with E-state index in [0.29, 0.717) is 19.6 Å². The number of nitrogens with one attached hydrogen (secondary N) is 1. The van der Waals surface area contributed by atoms with Gasteiger partial charge in [-0.2, -0.15) is 0 Å². The van der Waals surface area contributed by atoms with Gasteiger partial charge in [0, 0.05) is 19.6 Å². The smallest absolute Gasteiger partial charge is 0.323 e. The van der Waals surface area contributed by atoms with Crippen molar-refractivity contribution in [3.63, 3.8) is 0 Å². The van der Waals surface area contributed by atoms with Crippen LogP contribution in [0.25, 0.3) is 0 Å². The molecule has 5 heteroatoms. The highest BCUT2D eigenvalue weighted by molar-refractivity contribution is 5.84. The Labute approximate surface area is 83.1 Å². The molecule has 0 aromatic carbocycles. The van der Waals surface area contributed by atoms with Gasteiger partial charge in [0.1, 0.15) is 6.54 Å². The number of carbonyl (C=O) groups is 2. The predicted molar refractivity (Wildman–Crippen MR) is 50.9 cm³/mol. The maximum absolute atomic E-state index is 11.7. The molecular formula is C9H16N2O3. The van der Waals surface area contributed by atoms with Gasteiger partial charge >= 0.3 is 5.97 Å². The van der Waals surface area contributed by atoms with E-state index in [1.807, 2.05) is 6.92 Å². The number of hydrogen-bond donors (Lipinski definition) is 2. The first-order chi connectivity index (χ1) is 6.65. The van der Waals surface area contributed by atoms with Crippen LogP contribution in [0.4, 0.5) is 0 Å². The number of rotatable bonds is 5. The summed E-state index contributed by atoms with van der Waals surface area (Å²) in [5, 5.41) is 11.6. The standard InChI is InChI=1S/C9H16N2O3/c1-2-3-11(6-8(12)13)9(14)7-4-10-5-7/h7,10H,2-6H2,1H3,(H,12,13). The molecule has 1 rings (SSSR count). The Hall–Kier alpha value is -1.10. The van der Waals surface area contributed by atoms with Crippen molar-refractivity contribution >= 4 is 11.9 Å². The summed E-state index contributed by atoms with van der Waals surface area (Å²) in [5.41, 5.74) is 0. The summed E-state index contributed by atoms with van der Waals surface area (Å²) in [4.78, 5) is 23.6. The quantitative estimate of drug-likeness (QED) is 0.629. The molecule has 0 unspecified atom stereocenters. The van der Waals surface area contributed by atoms with Gasteiger partial charge in [-0.3, -0.25) is 9.59 Å². The van der Waals surface area contributed by atoms with Crippen LogP contribution in [-0.4, -0.2) is 48.1 Å². The molecule has 0 aliphatic carbocycles. The molecule has 2 N–H and O–H groups in total. The van der Waals surface area contributed by atoms with Crippen LogP contribution in [0.1, 0.15) is 13.3 Å². The lowest BCUT2D eigenvalue weighted by molar-refractivity contribution is -0.147. The van der Waals surface area contributed by atoms with Crippen molar-refractivity contribution < 1.29 is 14.7 Å². The molecule has 0 radical (unpaired) electrons. The Morgan fingerprint density at radius 3 is 2.50 bits per heavy atom. The summed E-state index contributed by atoms with van der Waals surface area (Å²) in [6.45, 7) is 3.64. The van der Waals surface area contributed by atoms with E-state index in [1.165, 1.54) is 4.90 Å². The van der Waals surface area contributed by atoms with Gasteiger partial charge in [-0.05, 0) is 6.42 Å². The number of carbonyl (C=O) groups excluding carboxylic acids is 1. The molecule has 0 bridgehead atoms. The molecule has 1 heterocycles. The van der Waals surface area contributed by atoms with Gasteiger partial charge in [-0.15, -0.1) is 0 Å². The SMILES string of the molecule is CCCN(CC(=O)O)C(=O)C1CNC1. The first kappa shape index (κ1) is 11.0. The van der Waals surface area contributed by atoms with E-state index in [9.17, 15) is 9.59 Å². The highest BCUT2D eigenvalue weighted by atomic mass is 16.4. The largest absolute Gasteiger partial charge is 0.480 e. The summed E-state index contributed by atoms with van der Waals surface area (Å²) in [7, 11) is 0. The molecule has 1 saturated heterocycles. The van der Waals surface area contributed by atoms with Crippen molar-refractivity contribution in [3.8, 4) is 0 Å². The van der Waals surface area contributed by atoms with Crippen LogP contribution in [0, 0.1) is 5.92 Å². The molecule has 1 fully saturated rings. The molecule has 5 nitrogen and oxygen atoms in total. The van der Waals surface area contributed by atoms with Crippen LogP contribution >= 0.6 is 0 Å². The summed E-state index contributed by atoms with van der Waals surface area (Å²) < 4.78 is 0. The summed E-state index contributed by atoms with van der Waals surface area (Å²) in [5.74, 6) is -0.993. The fourth-order valence-corrected chi connectivity index (χ4v) is 1.42. The number of carboxylic acid groups (broad SMARTS) is 1. The van der Waals surface area contributed by atoms with Crippen molar-refractivity contribution in [2.45, 2.75) is 13.3 Å². The number of carboxylic acids is 1. The zero-order valence-electron chi connectivity index (χ0n) is 8.32. The predicted octanol–water partition coefficient (Wildman–Crippen LogP) is -0.471. The molecule has 0 saturated carbocycles. The highest BCUT2D eigenvalue weighted by Gasteiger charge is 2.29. The van der Waals surface area contributed by atoms with E-state index >= 15 is 0 Å². The number of amides is 1. The molecular weight excluding hydrogens is 184 g/mol. The summed E-state index contributed by atoms with van der Waals surface area (Å²) in [6, 6.07) is 0. The van der Waals surface area contributed by atoms with E-state index in [1.54, 1.807) is 0 Å². The average molecular weight is 200 g/mol. The van der Waals surface area contributed by atoms with Gasteiger partial charge in [0.25, 0.3) is 0 Å². The van der Waals surface area contributed by atoms with Crippen molar-refractivity contribution in [2.24, 2.45) is 5.92 Å². The fraction of sp³-hybridized carbons (Fsp3) is 0.778. The zero-order valence-corrected chi connectivity index (χ0v) is 8.32. The molecule has 0 aromatic heterocycles. The second-order valence-corrected chi connectivity index (χ2v) is 3.51. The molecule has 0 spiro atoms. The molecule has 0 atom stereocenters. The normalized spacial score (nSPS) is 16.1. The van der Waals surface area contributed by atoms with Crippen LogP contribution < -0.4 is 5.32 Å². The Bertz CT molecular complexity index is 226. The second-order valence-electron chi connectivity index (χ2n) is 3.51. The van der Waals surface area contributed by atoms with E-state index in [-0.39, 0.29) is 18.4 Å². The summed E-state index contributed by atoms with van der Waals surface area (Å²) >= 11 is 0. The van der Waals surface area contributed by atoms with Crippen molar-refractivity contribution in [1.29, 1.82) is 0 Å². The van der Waals surface area contributed by atoms with Gasteiger partial charge < -0.3 is 15.3 Å². The highest BCUT2D eigenvalue weighted by Crippen LogP contribution is 2.08. The topological polar surface area (TPSA) is 69.6 Å². The molecule has 80 valence electrons. The Balaban J connectivity index is 2.46. The number of hydrogen-bond acceptors (Lipinski definition) is 3. The number of aliphatic carboxylic acids is 1. The summed E-state index contributed by atoms with van der Waals surface area (Å²) in [6.07, 6.45) is 0.791. The van der Waals surface area contributed by atoms with Gasteiger partial charge in [0.2, 0.25) is 5.91 Å². The van der Waals surface area contributed by atoms with E-state index < -0.39 is 5.97 Å². The van der Waals surface area contributed by atoms with Gasteiger partial charge in [0.05, 0.1) is 5.92 Å². The third-order valence-electron chi connectivity index (χ3n) is 2.26. The van der Waals surface area contributed by atoms with E-state index in [0.717, 1.165) is 6.42 Å². The molecule has 14 heavy (non-hydrogen) atoms. The van der Waals surface area contributed by atoms with Crippen LogP contribution in [0.3, 0.4) is 0 Å². The Morgan fingerprint density at radius 2 is 2.14 bits per heavy atom. The second kappa shape index (κ2) is 4.95. The number of nitrogens with zero attached hydrogens (tertiary/aromatic N) is 1. The maximum Gasteiger partial charge on any atom is 0.323 e. The lowest BCUT2D eigenvalue weighted by Gasteiger charge is -2.31. The third-order valence-corrected chi connectivity index (χ3v) is 2.26. The average Bonchev–Trinajstić information content (AvgIpc) is 1.99. The maximum atomic E-state index is 11.7. The van der Waals surface area contributed by atoms with Gasteiger partial charge in [-0.1, -0.05) is 6.92 Å². The van der Waals surface area contributed by atoms with Crippen LogP contribution in [0.2, 0.25) is 0 Å². The fourth-order valence-electron chi connectivity index (χ4n) is 1.42. The van der Waals surface area contributed by atoms with Crippen LogP contribution in [0.15, 0.2) is 0 Å². The lowest BCUT2D eigenvalue weighted by atomic mass is 10.0. The van der Waals surface area contributed by atoms with Crippen molar-refractivity contribution in [1.82, 2.24) is 10.2 Å². The monoisotopic (exact) mass is 200 g/mol. The van der Waals surface area contributed by atoms with Gasteiger partial charge in [-0.25, -0.2) is 0 Å². The van der Waals surface area contributed by atoms with E-state index in [2.05, 4.69) is 5.32 Å². The Morgan fingerprint density at radius 1 is 1.50 bits per heavy atom. The zero-order chi connectivity index (χ0) is 10.6. The molecule has 1 amide bonds. The minimum absolute atomic E-state index is 0.0131. The lowest BCUT2D eigenvalue weighted by Crippen LogP contribution is -2.53. The van der Waals surface area contributed by atoms with Crippen molar-refractivity contribution in [2.75, 3.05) is 26.2 Å². The first-order valence-electron chi connectivity index (χ1n) is 4.86.